The smallest absolute Gasteiger partial charge is 0.125 e. The number of halogens is 3. The standard InChI is InChI=1S/C27H22Cl2FN5/c1-15(2)32-24-14-27-25(13-23(24)33-21-5-4-10-31-16(21)3)34-22-9-6-17(30)11-26(22)35(27)18-7-8-19(28)20(29)12-18/h4-15,33H,1-3H3. The first-order valence-corrected chi connectivity index (χ1v) is 11.9. The second-order valence-corrected chi connectivity index (χ2v) is 9.34. The highest BCUT2D eigenvalue weighted by Gasteiger charge is 2.18. The maximum atomic E-state index is 14.3. The van der Waals surface area contributed by atoms with Crippen molar-refractivity contribution < 1.29 is 4.39 Å². The predicted molar refractivity (Wildman–Crippen MR) is 141 cm³/mol. The molecule has 0 unspecified atom stereocenters. The molecule has 1 N–H and O–H groups in total. The fourth-order valence-electron chi connectivity index (χ4n) is 4.01. The SMILES string of the molecule is Cc1ncccc1Nc1cc2nc3ccc(F)cc3n(-c3ccc(Cl)c(Cl)c3)c-2cc1=NC(C)C. The van der Waals surface area contributed by atoms with E-state index in [0.29, 0.717) is 26.8 Å². The van der Waals surface area contributed by atoms with E-state index in [1.54, 1.807) is 24.4 Å². The van der Waals surface area contributed by atoms with Crippen molar-refractivity contribution in [3.05, 3.63) is 93.8 Å². The van der Waals surface area contributed by atoms with Crippen LogP contribution < -0.4 is 10.7 Å². The van der Waals surface area contributed by atoms with E-state index >= 15 is 0 Å². The van der Waals surface area contributed by atoms with Crippen molar-refractivity contribution in [3.63, 3.8) is 0 Å². The van der Waals surface area contributed by atoms with Gasteiger partial charge in [-0.25, -0.2) is 9.37 Å². The van der Waals surface area contributed by atoms with Crippen molar-refractivity contribution in [1.82, 2.24) is 14.5 Å². The molecule has 1 aliphatic heterocycles. The van der Waals surface area contributed by atoms with Gasteiger partial charge in [0.2, 0.25) is 0 Å². The fourth-order valence-corrected chi connectivity index (χ4v) is 4.31. The second-order valence-electron chi connectivity index (χ2n) is 8.52. The Kier molecular flexibility index (Phi) is 6.17. The monoisotopic (exact) mass is 505 g/mol. The van der Waals surface area contributed by atoms with Gasteiger partial charge in [0.25, 0.3) is 0 Å². The van der Waals surface area contributed by atoms with Gasteiger partial charge in [0.15, 0.2) is 0 Å². The van der Waals surface area contributed by atoms with Crippen LogP contribution in [-0.4, -0.2) is 20.6 Å². The van der Waals surface area contributed by atoms with Gasteiger partial charge in [-0.2, -0.15) is 0 Å². The number of hydrogen-bond acceptors (Lipinski definition) is 4. The molecule has 2 heterocycles. The fraction of sp³-hybridized carbons (Fsp3) is 0.148. The lowest BCUT2D eigenvalue weighted by atomic mass is 10.1. The number of nitrogens with one attached hydrogen (secondary N) is 1. The van der Waals surface area contributed by atoms with Crippen molar-refractivity contribution in [2.75, 3.05) is 5.32 Å². The molecule has 0 radical (unpaired) electrons. The molecule has 35 heavy (non-hydrogen) atoms. The number of rotatable bonds is 4. The minimum absolute atomic E-state index is 0.0484. The van der Waals surface area contributed by atoms with Gasteiger partial charge in [0.1, 0.15) is 5.82 Å². The van der Waals surface area contributed by atoms with Gasteiger partial charge in [-0.05, 0) is 75.4 Å². The number of fused-ring (bicyclic) bond motifs is 2. The number of aryl methyl sites for hydroxylation is 1. The highest BCUT2D eigenvalue weighted by Crippen LogP contribution is 2.33. The van der Waals surface area contributed by atoms with Gasteiger partial charge in [-0.15, -0.1) is 0 Å². The summed E-state index contributed by atoms with van der Waals surface area (Å²) in [6, 6.07) is 17.7. The van der Waals surface area contributed by atoms with E-state index in [0.717, 1.165) is 33.8 Å². The third kappa shape index (κ3) is 4.59. The Labute approximate surface area is 212 Å². The average molecular weight is 506 g/mol. The first-order valence-electron chi connectivity index (χ1n) is 11.1. The van der Waals surface area contributed by atoms with Crippen molar-refractivity contribution in [1.29, 1.82) is 0 Å². The molecule has 3 aromatic rings. The Morgan fingerprint density at radius 1 is 0.971 bits per heavy atom. The van der Waals surface area contributed by atoms with Crippen LogP contribution in [0.3, 0.4) is 0 Å². The molecule has 0 amide bonds. The van der Waals surface area contributed by atoms with Gasteiger partial charge >= 0.3 is 0 Å². The molecule has 0 bridgehead atoms. The van der Waals surface area contributed by atoms with Crippen molar-refractivity contribution in [2.24, 2.45) is 4.99 Å². The summed E-state index contributed by atoms with van der Waals surface area (Å²) in [6.07, 6.45) is 1.76. The van der Waals surface area contributed by atoms with Crippen molar-refractivity contribution >= 4 is 45.6 Å². The Morgan fingerprint density at radius 2 is 1.80 bits per heavy atom. The van der Waals surface area contributed by atoms with Gasteiger partial charge in [0.05, 0.1) is 54.9 Å². The third-order valence-electron chi connectivity index (χ3n) is 5.59. The summed E-state index contributed by atoms with van der Waals surface area (Å²) in [5.74, 6) is -0.357. The summed E-state index contributed by atoms with van der Waals surface area (Å²) in [6.45, 7) is 5.98. The van der Waals surface area contributed by atoms with E-state index in [1.165, 1.54) is 12.1 Å². The first kappa shape index (κ1) is 23.3. The lowest BCUT2D eigenvalue weighted by Gasteiger charge is -2.21. The zero-order valence-corrected chi connectivity index (χ0v) is 20.9. The molecule has 0 saturated carbocycles. The number of nitrogens with zero attached hydrogens (tertiary/aromatic N) is 4. The molecular formula is C27H22Cl2FN5. The van der Waals surface area contributed by atoms with E-state index < -0.39 is 0 Å². The molecule has 1 aliphatic carbocycles. The van der Waals surface area contributed by atoms with Crippen LogP contribution in [0.4, 0.5) is 15.8 Å². The quantitative estimate of drug-likeness (QED) is 0.260. The number of aromatic nitrogens is 3. The Bertz CT molecular complexity index is 1610. The summed E-state index contributed by atoms with van der Waals surface area (Å²) in [5.41, 5.74) is 6.01. The van der Waals surface area contributed by atoms with Crippen LogP contribution in [0.1, 0.15) is 19.5 Å². The highest BCUT2D eigenvalue weighted by atomic mass is 35.5. The minimum Gasteiger partial charge on any atom is -0.352 e. The van der Waals surface area contributed by atoms with Crippen LogP contribution in [0.25, 0.3) is 28.1 Å². The van der Waals surface area contributed by atoms with Crippen LogP contribution in [0, 0.1) is 12.7 Å². The van der Waals surface area contributed by atoms with Crippen LogP contribution in [0.2, 0.25) is 10.0 Å². The minimum atomic E-state index is -0.357. The molecule has 5 rings (SSSR count). The van der Waals surface area contributed by atoms with Crippen molar-refractivity contribution in [3.8, 4) is 17.1 Å². The highest BCUT2D eigenvalue weighted by molar-refractivity contribution is 6.42. The van der Waals surface area contributed by atoms with Crippen molar-refractivity contribution in [2.45, 2.75) is 26.8 Å². The largest absolute Gasteiger partial charge is 0.352 e. The molecule has 2 aromatic carbocycles. The molecule has 1 aromatic heterocycles. The Hall–Kier alpha value is -3.48. The number of pyridine rings is 1. The van der Waals surface area contributed by atoms with Gasteiger partial charge < -0.3 is 9.88 Å². The van der Waals surface area contributed by atoms with Gasteiger partial charge in [-0.1, -0.05) is 23.2 Å². The van der Waals surface area contributed by atoms with Crippen LogP contribution in [-0.2, 0) is 0 Å². The summed E-state index contributed by atoms with van der Waals surface area (Å²) < 4.78 is 16.3. The molecule has 176 valence electrons. The topological polar surface area (TPSA) is 55.1 Å². The Morgan fingerprint density at radius 3 is 2.54 bits per heavy atom. The molecule has 0 spiro atoms. The summed E-state index contributed by atoms with van der Waals surface area (Å²) in [4.78, 5) is 14.1. The molecule has 0 fully saturated rings. The molecular weight excluding hydrogens is 484 g/mol. The lowest BCUT2D eigenvalue weighted by molar-refractivity contribution is 0.629. The second kappa shape index (κ2) is 9.29. The maximum absolute atomic E-state index is 14.3. The van der Waals surface area contributed by atoms with E-state index in [9.17, 15) is 4.39 Å². The molecule has 5 nitrogen and oxygen atoms in total. The number of hydrogen-bond donors (Lipinski definition) is 1. The van der Waals surface area contributed by atoms with Crippen LogP contribution in [0.15, 0.2) is 71.9 Å². The maximum Gasteiger partial charge on any atom is 0.125 e. The van der Waals surface area contributed by atoms with Crippen LogP contribution >= 0.6 is 23.2 Å². The average Bonchev–Trinajstić information content (AvgIpc) is 2.81. The van der Waals surface area contributed by atoms with Gasteiger partial charge in [-0.3, -0.25) is 9.98 Å². The first-order chi connectivity index (χ1) is 16.8. The zero-order chi connectivity index (χ0) is 24.7. The lowest BCUT2D eigenvalue weighted by Crippen LogP contribution is -2.17. The summed E-state index contributed by atoms with van der Waals surface area (Å²) in [7, 11) is 0. The predicted octanol–water partition coefficient (Wildman–Crippen LogP) is 7.33. The Balaban J connectivity index is 1.86. The number of benzene rings is 3. The summed E-state index contributed by atoms with van der Waals surface area (Å²) in [5, 5.41) is 5.07. The van der Waals surface area contributed by atoms with E-state index in [2.05, 4.69) is 10.3 Å². The molecule has 0 saturated heterocycles. The molecule has 8 heteroatoms. The molecule has 2 aliphatic rings. The summed E-state index contributed by atoms with van der Waals surface area (Å²) >= 11 is 12.5. The third-order valence-corrected chi connectivity index (χ3v) is 6.33. The van der Waals surface area contributed by atoms with Gasteiger partial charge in [0, 0.05) is 24.0 Å². The van der Waals surface area contributed by atoms with E-state index in [4.69, 9.17) is 33.2 Å². The normalized spacial score (nSPS) is 12.1. The van der Waals surface area contributed by atoms with E-state index in [1.807, 2.05) is 55.7 Å². The van der Waals surface area contributed by atoms with Crippen LogP contribution in [0.5, 0.6) is 0 Å². The van der Waals surface area contributed by atoms with E-state index in [-0.39, 0.29) is 11.9 Å². The molecule has 0 atom stereocenters. The number of anilines is 2. The zero-order valence-electron chi connectivity index (χ0n) is 19.4.